The second-order valence-corrected chi connectivity index (χ2v) is 5.26. The number of amides is 1. The van der Waals surface area contributed by atoms with Crippen molar-refractivity contribution in [1.82, 2.24) is 9.80 Å². The fourth-order valence-electron chi connectivity index (χ4n) is 2.58. The van der Waals surface area contributed by atoms with E-state index in [0.29, 0.717) is 12.5 Å². The molecule has 18 heavy (non-hydrogen) atoms. The molecule has 2 N–H and O–H groups in total. The summed E-state index contributed by atoms with van der Waals surface area (Å²) in [5.74, 6) is 0.609. The average Bonchev–Trinajstić information content (AvgIpc) is 2.77. The van der Waals surface area contributed by atoms with E-state index in [2.05, 4.69) is 18.9 Å². The van der Waals surface area contributed by atoms with Gasteiger partial charge in [-0.2, -0.15) is 0 Å². The molecule has 2 unspecified atom stereocenters. The average molecular weight is 257 g/mol. The fourth-order valence-corrected chi connectivity index (χ4v) is 2.58. The Morgan fingerprint density at radius 3 is 2.94 bits per heavy atom. The molecular formula is C13H27N3O2. The predicted molar refractivity (Wildman–Crippen MR) is 72.3 cm³/mol. The molecule has 0 aliphatic carbocycles. The van der Waals surface area contributed by atoms with Crippen LogP contribution in [0.2, 0.25) is 0 Å². The van der Waals surface area contributed by atoms with E-state index in [-0.39, 0.29) is 5.91 Å². The second kappa shape index (κ2) is 7.71. The molecule has 0 saturated carbocycles. The number of nitrogens with two attached hydrogens (primary N) is 1. The van der Waals surface area contributed by atoms with E-state index in [0.717, 1.165) is 32.6 Å². The van der Waals surface area contributed by atoms with Crippen molar-refractivity contribution in [2.75, 3.05) is 46.9 Å². The van der Waals surface area contributed by atoms with Gasteiger partial charge in [-0.25, -0.2) is 0 Å². The second-order valence-electron chi connectivity index (χ2n) is 5.26. The first-order chi connectivity index (χ1) is 8.58. The van der Waals surface area contributed by atoms with Crippen molar-refractivity contribution >= 4 is 5.91 Å². The van der Waals surface area contributed by atoms with Crippen LogP contribution >= 0.6 is 0 Å². The van der Waals surface area contributed by atoms with Crippen molar-refractivity contribution in [3.05, 3.63) is 0 Å². The van der Waals surface area contributed by atoms with Crippen LogP contribution in [0.3, 0.4) is 0 Å². The van der Waals surface area contributed by atoms with Gasteiger partial charge in [0.1, 0.15) is 6.04 Å². The van der Waals surface area contributed by atoms with Gasteiger partial charge < -0.3 is 20.3 Å². The Balaban J connectivity index is 2.34. The first-order valence-corrected chi connectivity index (χ1v) is 6.80. The highest BCUT2D eigenvalue weighted by Crippen LogP contribution is 2.17. The summed E-state index contributed by atoms with van der Waals surface area (Å²) < 4.78 is 4.93. The summed E-state index contributed by atoms with van der Waals surface area (Å²) in [6.07, 6.45) is 2.25. The van der Waals surface area contributed by atoms with Crippen LogP contribution < -0.4 is 5.73 Å². The lowest BCUT2D eigenvalue weighted by Gasteiger charge is -2.22. The maximum atomic E-state index is 12.0. The number of nitrogens with zero attached hydrogens (tertiary/aromatic N) is 2. The van der Waals surface area contributed by atoms with Gasteiger partial charge in [0.15, 0.2) is 0 Å². The fraction of sp³-hybridized carbons (Fsp3) is 0.923. The summed E-state index contributed by atoms with van der Waals surface area (Å²) in [7, 11) is 3.71. The molecule has 1 aliphatic rings. The van der Waals surface area contributed by atoms with E-state index >= 15 is 0 Å². The highest BCUT2D eigenvalue weighted by Gasteiger charge is 2.29. The minimum Gasteiger partial charge on any atom is -0.383 e. The summed E-state index contributed by atoms with van der Waals surface area (Å²) in [4.78, 5) is 16.2. The third-order valence-electron chi connectivity index (χ3n) is 3.44. The van der Waals surface area contributed by atoms with Gasteiger partial charge >= 0.3 is 0 Å². The monoisotopic (exact) mass is 257 g/mol. The first kappa shape index (κ1) is 15.4. The van der Waals surface area contributed by atoms with Crippen molar-refractivity contribution in [3.8, 4) is 0 Å². The molecule has 0 spiro atoms. The molecule has 2 atom stereocenters. The number of carbonyl (C=O) groups is 1. The van der Waals surface area contributed by atoms with E-state index in [1.54, 1.807) is 7.11 Å². The van der Waals surface area contributed by atoms with Gasteiger partial charge in [-0.05, 0) is 32.4 Å². The molecule has 0 aromatic rings. The van der Waals surface area contributed by atoms with Crippen LogP contribution in [0.15, 0.2) is 0 Å². The summed E-state index contributed by atoms with van der Waals surface area (Å²) >= 11 is 0. The van der Waals surface area contributed by atoms with Gasteiger partial charge in [-0.15, -0.1) is 0 Å². The van der Waals surface area contributed by atoms with Crippen molar-refractivity contribution in [2.45, 2.75) is 25.8 Å². The Bertz CT molecular complexity index is 261. The van der Waals surface area contributed by atoms with E-state index in [1.807, 2.05) is 4.90 Å². The van der Waals surface area contributed by atoms with Crippen LogP contribution in [0, 0.1) is 5.92 Å². The van der Waals surface area contributed by atoms with Crippen LogP contribution in [-0.4, -0.2) is 68.7 Å². The van der Waals surface area contributed by atoms with Gasteiger partial charge in [0, 0.05) is 26.7 Å². The van der Waals surface area contributed by atoms with Crippen molar-refractivity contribution in [2.24, 2.45) is 11.7 Å². The molecule has 5 heteroatoms. The zero-order valence-electron chi connectivity index (χ0n) is 11.9. The van der Waals surface area contributed by atoms with Crippen LogP contribution in [-0.2, 0) is 9.53 Å². The minimum atomic E-state index is -0.512. The van der Waals surface area contributed by atoms with Crippen LogP contribution in [0.4, 0.5) is 0 Å². The Morgan fingerprint density at radius 1 is 1.61 bits per heavy atom. The first-order valence-electron chi connectivity index (χ1n) is 6.80. The quantitative estimate of drug-likeness (QED) is 0.705. The lowest BCUT2D eigenvalue weighted by Crippen LogP contribution is -2.45. The van der Waals surface area contributed by atoms with Gasteiger partial charge in [0.05, 0.1) is 6.61 Å². The molecule has 0 bridgehead atoms. The number of hydrogen-bond donors (Lipinski definition) is 1. The highest BCUT2D eigenvalue weighted by atomic mass is 16.5. The predicted octanol–water partition coefficient (Wildman–Crippen LogP) is 0.150. The van der Waals surface area contributed by atoms with Crippen LogP contribution in [0.25, 0.3) is 0 Å². The normalized spacial score (nSPS) is 21.6. The Hall–Kier alpha value is -0.650. The molecule has 106 valence electrons. The molecule has 1 saturated heterocycles. The largest absolute Gasteiger partial charge is 0.383 e. The molecule has 0 aromatic carbocycles. The Kier molecular flexibility index (Phi) is 6.60. The molecule has 1 amide bonds. The number of carbonyl (C=O) groups excluding carboxylic acids is 1. The molecular weight excluding hydrogens is 230 g/mol. The topological polar surface area (TPSA) is 58.8 Å². The molecule has 1 rings (SSSR count). The van der Waals surface area contributed by atoms with Crippen molar-refractivity contribution < 1.29 is 9.53 Å². The minimum absolute atomic E-state index is 0.0255. The smallest absolute Gasteiger partial charge is 0.241 e. The Labute approximate surface area is 110 Å². The zero-order valence-corrected chi connectivity index (χ0v) is 11.9. The molecule has 1 fully saturated rings. The lowest BCUT2D eigenvalue weighted by molar-refractivity contribution is -0.132. The highest BCUT2D eigenvalue weighted by molar-refractivity contribution is 5.82. The summed E-state index contributed by atoms with van der Waals surface area (Å²) in [5, 5.41) is 0. The third-order valence-corrected chi connectivity index (χ3v) is 3.44. The molecule has 0 radical (unpaired) electrons. The number of rotatable bonds is 7. The summed E-state index contributed by atoms with van der Waals surface area (Å²) in [6.45, 7) is 6.34. The van der Waals surface area contributed by atoms with E-state index in [4.69, 9.17) is 10.5 Å². The van der Waals surface area contributed by atoms with Crippen molar-refractivity contribution in [1.29, 1.82) is 0 Å². The number of likely N-dealkylation sites (tertiary alicyclic amines) is 1. The van der Waals surface area contributed by atoms with Gasteiger partial charge in [-0.3, -0.25) is 4.79 Å². The SMILES string of the molecule is CCCN(C)CC1CCN(C(=O)C(N)COC)C1. The maximum Gasteiger partial charge on any atom is 0.241 e. The van der Waals surface area contributed by atoms with E-state index < -0.39 is 6.04 Å². The molecule has 5 nitrogen and oxygen atoms in total. The number of methoxy groups -OCH3 is 1. The lowest BCUT2D eigenvalue weighted by atomic mass is 10.1. The number of ether oxygens (including phenoxy) is 1. The molecule has 1 aliphatic heterocycles. The molecule has 1 heterocycles. The third kappa shape index (κ3) is 4.55. The van der Waals surface area contributed by atoms with Crippen LogP contribution in [0.1, 0.15) is 19.8 Å². The van der Waals surface area contributed by atoms with Crippen LogP contribution in [0.5, 0.6) is 0 Å². The van der Waals surface area contributed by atoms with Gasteiger partial charge in [-0.1, -0.05) is 6.92 Å². The Morgan fingerprint density at radius 2 is 2.33 bits per heavy atom. The number of hydrogen-bond acceptors (Lipinski definition) is 4. The standard InChI is InChI=1S/C13H27N3O2/c1-4-6-15(2)8-11-5-7-16(9-11)13(17)12(14)10-18-3/h11-12H,4-10,14H2,1-3H3. The zero-order chi connectivity index (χ0) is 13.5. The summed E-state index contributed by atoms with van der Waals surface area (Å²) in [6, 6.07) is -0.512. The van der Waals surface area contributed by atoms with Gasteiger partial charge in [0.25, 0.3) is 0 Å². The van der Waals surface area contributed by atoms with Gasteiger partial charge in [0.2, 0.25) is 5.91 Å². The van der Waals surface area contributed by atoms with Crippen molar-refractivity contribution in [3.63, 3.8) is 0 Å². The van der Waals surface area contributed by atoms with E-state index in [1.165, 1.54) is 6.42 Å². The summed E-state index contributed by atoms with van der Waals surface area (Å²) in [5.41, 5.74) is 5.78. The molecule has 0 aromatic heterocycles. The van der Waals surface area contributed by atoms with E-state index in [9.17, 15) is 4.79 Å². The maximum absolute atomic E-state index is 12.0.